The molecule has 2 aromatic rings. The molecule has 0 radical (unpaired) electrons. The monoisotopic (exact) mass is 278 g/mol. The fourth-order valence-corrected chi connectivity index (χ4v) is 3.82. The van der Waals surface area contributed by atoms with Crippen LogP contribution < -0.4 is 0 Å². The average molecular weight is 278 g/mol. The second-order valence-electron chi connectivity index (χ2n) is 6.77. The van der Waals surface area contributed by atoms with Crippen molar-refractivity contribution < 1.29 is 0 Å². The van der Waals surface area contributed by atoms with Crippen LogP contribution in [0.15, 0.2) is 0 Å². The van der Waals surface area contributed by atoms with Gasteiger partial charge in [-0.05, 0) is 29.5 Å². The highest BCUT2D eigenvalue weighted by Gasteiger charge is 2.66. The summed E-state index contributed by atoms with van der Waals surface area (Å²) in [6, 6.07) is 0.432. The van der Waals surface area contributed by atoms with Crippen LogP contribution in [-0.2, 0) is 13.5 Å². The van der Waals surface area contributed by atoms with E-state index in [0.29, 0.717) is 6.04 Å². The summed E-state index contributed by atoms with van der Waals surface area (Å²) in [6.45, 7) is 11.4. The highest BCUT2D eigenvalue weighted by atomic mass is 32.1. The molecule has 3 rings (SSSR count). The first-order valence-corrected chi connectivity index (χ1v) is 7.30. The van der Waals surface area contributed by atoms with E-state index in [-0.39, 0.29) is 10.8 Å². The SMILES string of the molecule is CCc1nn(C)c2c1[nH]c(=S)n2C1C(C)(C)C1(C)C. The van der Waals surface area contributed by atoms with Gasteiger partial charge in [0.15, 0.2) is 10.4 Å². The lowest BCUT2D eigenvalue weighted by Crippen LogP contribution is -2.05. The molecule has 2 heterocycles. The number of hydrogen-bond donors (Lipinski definition) is 1. The van der Waals surface area contributed by atoms with Gasteiger partial charge >= 0.3 is 0 Å². The van der Waals surface area contributed by atoms with Crippen LogP contribution >= 0.6 is 12.2 Å². The van der Waals surface area contributed by atoms with Crippen molar-refractivity contribution in [1.29, 1.82) is 0 Å². The number of aryl methyl sites for hydroxylation is 2. The molecule has 0 bridgehead atoms. The molecule has 0 spiro atoms. The van der Waals surface area contributed by atoms with Gasteiger partial charge in [-0.2, -0.15) is 5.10 Å². The second-order valence-corrected chi connectivity index (χ2v) is 7.16. The fraction of sp³-hybridized carbons (Fsp3) is 0.714. The number of hydrogen-bond acceptors (Lipinski definition) is 2. The topological polar surface area (TPSA) is 38.5 Å². The number of fused-ring (bicyclic) bond motifs is 1. The number of aromatic nitrogens is 4. The highest BCUT2D eigenvalue weighted by Crippen LogP contribution is 2.71. The summed E-state index contributed by atoms with van der Waals surface area (Å²) in [7, 11) is 2.00. The third-order valence-corrected chi connectivity index (χ3v) is 5.60. The lowest BCUT2D eigenvalue weighted by molar-refractivity contribution is 0.457. The number of H-pyrrole nitrogens is 1. The van der Waals surface area contributed by atoms with Crippen LogP contribution in [0, 0.1) is 15.6 Å². The van der Waals surface area contributed by atoms with Crippen LogP contribution in [0.3, 0.4) is 0 Å². The molecule has 104 valence electrons. The minimum absolute atomic E-state index is 0.261. The molecule has 1 aliphatic rings. The maximum atomic E-state index is 5.56. The first-order valence-electron chi connectivity index (χ1n) is 6.89. The Morgan fingerprint density at radius 3 is 2.32 bits per heavy atom. The predicted molar refractivity (Wildman–Crippen MR) is 79.9 cm³/mol. The lowest BCUT2D eigenvalue weighted by Gasteiger charge is -2.06. The quantitative estimate of drug-likeness (QED) is 0.852. The molecule has 1 saturated carbocycles. The van der Waals surface area contributed by atoms with E-state index in [1.807, 2.05) is 11.7 Å². The first-order chi connectivity index (χ1) is 8.73. The Hall–Kier alpha value is -1.10. The van der Waals surface area contributed by atoms with Crippen LogP contribution in [0.4, 0.5) is 0 Å². The van der Waals surface area contributed by atoms with Gasteiger partial charge in [0.1, 0.15) is 5.52 Å². The number of rotatable bonds is 2. The van der Waals surface area contributed by atoms with E-state index in [1.54, 1.807) is 0 Å². The molecular weight excluding hydrogens is 256 g/mol. The van der Waals surface area contributed by atoms with E-state index in [4.69, 9.17) is 12.2 Å². The molecule has 1 fully saturated rings. The molecule has 19 heavy (non-hydrogen) atoms. The Balaban J connectivity index is 2.29. The van der Waals surface area contributed by atoms with Crippen molar-refractivity contribution >= 4 is 23.4 Å². The van der Waals surface area contributed by atoms with Gasteiger partial charge < -0.3 is 4.98 Å². The van der Waals surface area contributed by atoms with Crippen LogP contribution in [0.1, 0.15) is 46.4 Å². The third kappa shape index (κ3) is 1.39. The Kier molecular flexibility index (Phi) is 2.38. The summed E-state index contributed by atoms with van der Waals surface area (Å²) in [5.74, 6) is 0. The maximum absolute atomic E-state index is 5.56. The van der Waals surface area contributed by atoms with Crippen LogP contribution in [0.2, 0.25) is 0 Å². The van der Waals surface area contributed by atoms with Gasteiger partial charge in [-0.1, -0.05) is 34.6 Å². The van der Waals surface area contributed by atoms with Crippen molar-refractivity contribution in [3.63, 3.8) is 0 Å². The van der Waals surface area contributed by atoms with E-state index >= 15 is 0 Å². The summed E-state index contributed by atoms with van der Waals surface area (Å²) in [4.78, 5) is 3.36. The summed E-state index contributed by atoms with van der Waals surface area (Å²) < 4.78 is 5.06. The molecule has 0 atom stereocenters. The molecule has 0 unspecified atom stereocenters. The largest absolute Gasteiger partial charge is 0.328 e. The molecular formula is C14H22N4S. The van der Waals surface area contributed by atoms with Gasteiger partial charge in [0.2, 0.25) is 0 Å². The molecule has 2 aromatic heterocycles. The van der Waals surface area contributed by atoms with Gasteiger partial charge in [-0.25, -0.2) is 0 Å². The van der Waals surface area contributed by atoms with Crippen molar-refractivity contribution in [3.05, 3.63) is 10.5 Å². The van der Waals surface area contributed by atoms with Crippen LogP contribution in [0.5, 0.6) is 0 Å². The smallest absolute Gasteiger partial charge is 0.179 e. The fourth-order valence-electron chi connectivity index (χ4n) is 3.53. The van der Waals surface area contributed by atoms with Crippen molar-refractivity contribution in [3.8, 4) is 0 Å². The summed E-state index contributed by atoms with van der Waals surface area (Å²) in [5.41, 5.74) is 3.85. The zero-order valence-corrected chi connectivity index (χ0v) is 13.4. The van der Waals surface area contributed by atoms with Gasteiger partial charge in [-0.15, -0.1) is 0 Å². The Bertz CT molecular complexity index is 700. The van der Waals surface area contributed by atoms with E-state index in [0.717, 1.165) is 28.0 Å². The molecule has 1 aliphatic carbocycles. The average Bonchev–Trinajstić information content (AvgIpc) is 2.65. The summed E-state index contributed by atoms with van der Waals surface area (Å²) in [5, 5.41) is 4.59. The molecule has 4 nitrogen and oxygen atoms in total. The molecule has 0 amide bonds. The molecule has 0 aromatic carbocycles. The highest BCUT2D eigenvalue weighted by molar-refractivity contribution is 7.71. The zero-order valence-electron chi connectivity index (χ0n) is 12.5. The number of nitrogens with one attached hydrogen (secondary N) is 1. The molecule has 1 N–H and O–H groups in total. The van der Waals surface area contributed by atoms with Crippen molar-refractivity contribution in [2.75, 3.05) is 0 Å². The van der Waals surface area contributed by atoms with E-state index in [1.165, 1.54) is 0 Å². The Labute approximate surface area is 118 Å². The van der Waals surface area contributed by atoms with Crippen LogP contribution in [0.25, 0.3) is 11.2 Å². The second kappa shape index (κ2) is 3.51. The van der Waals surface area contributed by atoms with Gasteiger partial charge in [0.05, 0.1) is 5.69 Å². The van der Waals surface area contributed by atoms with E-state index in [9.17, 15) is 0 Å². The normalized spacial score (nSPS) is 21.2. The Morgan fingerprint density at radius 2 is 1.84 bits per heavy atom. The summed E-state index contributed by atoms with van der Waals surface area (Å²) in [6.07, 6.45) is 0.921. The maximum Gasteiger partial charge on any atom is 0.179 e. The number of aromatic amines is 1. The molecule has 0 saturated heterocycles. The van der Waals surface area contributed by atoms with E-state index < -0.39 is 0 Å². The van der Waals surface area contributed by atoms with Crippen molar-refractivity contribution in [1.82, 2.24) is 19.3 Å². The minimum atomic E-state index is 0.261. The predicted octanol–water partition coefficient (Wildman–Crippen LogP) is 3.60. The molecule has 5 heteroatoms. The first kappa shape index (κ1) is 12.9. The number of nitrogens with zero attached hydrogens (tertiary/aromatic N) is 3. The van der Waals surface area contributed by atoms with E-state index in [2.05, 4.69) is 49.3 Å². The zero-order chi connectivity index (χ0) is 14.2. The standard InChI is InChI=1S/C14H22N4S/c1-7-8-9-10(17(6)16-8)18(12(19)15-9)11-13(2,3)14(11,4)5/h11H,7H2,1-6H3,(H,15,19). The summed E-state index contributed by atoms with van der Waals surface area (Å²) >= 11 is 5.56. The lowest BCUT2D eigenvalue weighted by atomic mass is 10.0. The minimum Gasteiger partial charge on any atom is -0.328 e. The van der Waals surface area contributed by atoms with Gasteiger partial charge in [0.25, 0.3) is 0 Å². The third-order valence-electron chi connectivity index (χ3n) is 5.31. The van der Waals surface area contributed by atoms with Gasteiger partial charge in [-0.3, -0.25) is 9.25 Å². The van der Waals surface area contributed by atoms with Gasteiger partial charge in [0, 0.05) is 13.1 Å². The van der Waals surface area contributed by atoms with Crippen LogP contribution in [-0.4, -0.2) is 19.3 Å². The number of imidazole rings is 1. The molecule has 0 aliphatic heterocycles. The van der Waals surface area contributed by atoms with Crippen molar-refractivity contribution in [2.24, 2.45) is 17.9 Å². The van der Waals surface area contributed by atoms with Crippen molar-refractivity contribution in [2.45, 2.75) is 47.1 Å². The Morgan fingerprint density at radius 1 is 1.26 bits per heavy atom.